The first-order valence-corrected chi connectivity index (χ1v) is 24.1. The molecule has 5 nitrogen and oxygen atoms in total. The first kappa shape index (κ1) is 39.2. The molecule has 10 aromatic carbocycles. The first-order chi connectivity index (χ1) is 34.2. The van der Waals surface area contributed by atoms with Crippen LogP contribution in [0.15, 0.2) is 237 Å². The molecular formula is C63H39N5S. The van der Waals surface area contributed by atoms with Crippen LogP contribution in [0.3, 0.4) is 0 Å². The first-order valence-electron chi connectivity index (χ1n) is 23.3. The van der Waals surface area contributed by atoms with E-state index in [2.05, 4.69) is 240 Å². The van der Waals surface area contributed by atoms with Crippen LogP contribution in [0.5, 0.6) is 0 Å². The maximum absolute atomic E-state index is 5.49. The molecule has 0 aliphatic heterocycles. The molecule has 4 heterocycles. The highest BCUT2D eigenvalue weighted by atomic mass is 32.1. The van der Waals surface area contributed by atoms with Crippen LogP contribution < -0.4 is 0 Å². The number of aromatic nitrogens is 5. The van der Waals surface area contributed by atoms with Crippen molar-refractivity contribution >= 4 is 75.1 Å². The van der Waals surface area contributed by atoms with Crippen molar-refractivity contribution in [3.05, 3.63) is 237 Å². The molecule has 69 heavy (non-hydrogen) atoms. The molecule has 0 N–H and O–H groups in total. The topological polar surface area (TPSA) is 48.5 Å². The van der Waals surface area contributed by atoms with Crippen LogP contribution in [0.4, 0.5) is 0 Å². The molecule has 0 saturated carbocycles. The lowest BCUT2D eigenvalue weighted by atomic mass is 9.99. The molecule has 0 unspecified atom stereocenters. The van der Waals surface area contributed by atoms with Crippen LogP contribution in [0.1, 0.15) is 0 Å². The van der Waals surface area contributed by atoms with Crippen molar-refractivity contribution in [2.75, 3.05) is 0 Å². The quantitative estimate of drug-likeness (QED) is 0.160. The van der Waals surface area contributed by atoms with Crippen molar-refractivity contribution in [1.82, 2.24) is 24.1 Å². The largest absolute Gasteiger partial charge is 0.308 e. The van der Waals surface area contributed by atoms with Gasteiger partial charge >= 0.3 is 0 Å². The maximum atomic E-state index is 5.49. The van der Waals surface area contributed by atoms with Gasteiger partial charge in [-0.1, -0.05) is 212 Å². The predicted molar refractivity (Wildman–Crippen MR) is 289 cm³/mol. The van der Waals surface area contributed by atoms with Gasteiger partial charge in [-0.2, -0.15) is 9.97 Å². The van der Waals surface area contributed by atoms with Gasteiger partial charge in [0.15, 0.2) is 11.6 Å². The van der Waals surface area contributed by atoms with Crippen molar-refractivity contribution in [1.29, 1.82) is 0 Å². The maximum Gasteiger partial charge on any atom is 0.238 e. The fourth-order valence-electron chi connectivity index (χ4n) is 10.4. The molecule has 322 valence electrons. The summed E-state index contributed by atoms with van der Waals surface area (Å²) in [6.07, 6.45) is 0. The Morgan fingerprint density at radius 3 is 1.41 bits per heavy atom. The Morgan fingerprint density at radius 1 is 0.290 bits per heavy atom. The molecule has 14 rings (SSSR count). The highest BCUT2D eigenvalue weighted by Gasteiger charge is 2.24. The van der Waals surface area contributed by atoms with Gasteiger partial charge in [0.25, 0.3) is 0 Å². The zero-order valence-corrected chi connectivity index (χ0v) is 38.0. The molecule has 0 saturated heterocycles. The number of thiophene rings is 1. The number of benzene rings is 10. The van der Waals surface area contributed by atoms with Gasteiger partial charge in [0.05, 0.1) is 31.5 Å². The lowest BCUT2D eigenvalue weighted by Gasteiger charge is -2.13. The molecule has 0 aliphatic rings. The molecule has 0 atom stereocenters. The lowest BCUT2D eigenvalue weighted by Crippen LogP contribution is -2.07. The molecule has 0 aliphatic carbocycles. The Morgan fingerprint density at radius 2 is 0.754 bits per heavy atom. The number of rotatable bonds is 7. The highest BCUT2D eigenvalue weighted by molar-refractivity contribution is 7.27. The Balaban J connectivity index is 1.05. The molecule has 14 aromatic rings. The summed E-state index contributed by atoms with van der Waals surface area (Å²) in [5.41, 5.74) is 14.3. The molecular weight excluding hydrogens is 859 g/mol. The summed E-state index contributed by atoms with van der Waals surface area (Å²) >= 11 is 1.86. The highest BCUT2D eigenvalue weighted by Crippen LogP contribution is 2.47. The van der Waals surface area contributed by atoms with Gasteiger partial charge in [-0.15, -0.1) is 11.3 Å². The minimum Gasteiger partial charge on any atom is -0.308 e. The van der Waals surface area contributed by atoms with E-state index >= 15 is 0 Å². The SMILES string of the molecule is c1ccc(-c2ccc(-c3nc(-c4ccccc4-c4ccccc4)nc(-n4c5ccccc5c5ccc6c7ccc8c9ccccc9n(-c9cccc(-c%10ccccc%10)c9)c8c7sc6c54)n3)cc2)cc1. The van der Waals surface area contributed by atoms with E-state index in [1.54, 1.807) is 0 Å². The van der Waals surface area contributed by atoms with Crippen molar-refractivity contribution in [2.24, 2.45) is 0 Å². The molecule has 6 heteroatoms. The Kier molecular flexibility index (Phi) is 9.00. The number of fused-ring (bicyclic) bond motifs is 11. The van der Waals surface area contributed by atoms with E-state index in [0.717, 1.165) is 60.9 Å². The van der Waals surface area contributed by atoms with Crippen molar-refractivity contribution in [2.45, 2.75) is 0 Å². The van der Waals surface area contributed by atoms with Crippen molar-refractivity contribution < 1.29 is 0 Å². The molecule has 0 spiro atoms. The Hall–Kier alpha value is -8.97. The normalized spacial score (nSPS) is 11.8. The Labute approximate surface area is 401 Å². The predicted octanol–water partition coefficient (Wildman–Crippen LogP) is 16.8. The molecule has 4 aromatic heterocycles. The number of para-hydroxylation sites is 2. The van der Waals surface area contributed by atoms with Gasteiger partial charge in [0.1, 0.15) is 0 Å². The minimum absolute atomic E-state index is 0.568. The van der Waals surface area contributed by atoms with E-state index in [4.69, 9.17) is 15.0 Å². The average molecular weight is 898 g/mol. The summed E-state index contributed by atoms with van der Waals surface area (Å²) in [7, 11) is 0. The standard InChI is InChI=1S/C63H39N5S/c1-4-17-40(18-5-1)42-31-33-44(34-32-42)61-64-62(54-28-11-10-25-47(54)43-21-8-3-9-22-43)66-63(65-61)68-56-30-15-13-27-49(56)51-36-38-53-52-37-35-50-48-26-12-14-29-55(48)67(57(50)59(52)69-60(53)58(51)68)46-24-16-23-45(39-46)41-19-6-2-7-20-41/h1-39H. The summed E-state index contributed by atoms with van der Waals surface area (Å²) in [4.78, 5) is 16.2. The van der Waals surface area contributed by atoms with Crippen LogP contribution in [0.25, 0.3) is 132 Å². The van der Waals surface area contributed by atoms with E-state index < -0.39 is 0 Å². The molecule has 0 fully saturated rings. The average Bonchev–Trinajstić information content (AvgIpc) is 4.10. The summed E-state index contributed by atoms with van der Waals surface area (Å²) in [5.74, 6) is 1.79. The number of hydrogen-bond donors (Lipinski definition) is 0. The van der Waals surface area contributed by atoms with Crippen LogP contribution in [-0.4, -0.2) is 24.1 Å². The summed E-state index contributed by atoms with van der Waals surface area (Å²) in [5, 5.41) is 7.17. The second-order valence-electron chi connectivity index (χ2n) is 17.5. The monoisotopic (exact) mass is 897 g/mol. The van der Waals surface area contributed by atoms with Crippen molar-refractivity contribution in [3.8, 4) is 67.8 Å². The second-order valence-corrected chi connectivity index (χ2v) is 18.6. The van der Waals surface area contributed by atoms with Crippen LogP contribution in [0, 0.1) is 0 Å². The van der Waals surface area contributed by atoms with Crippen LogP contribution in [0.2, 0.25) is 0 Å². The lowest BCUT2D eigenvalue weighted by molar-refractivity contribution is 0.955. The third kappa shape index (κ3) is 6.34. The van der Waals surface area contributed by atoms with Crippen LogP contribution >= 0.6 is 11.3 Å². The third-order valence-electron chi connectivity index (χ3n) is 13.6. The van der Waals surface area contributed by atoms with Crippen LogP contribution in [-0.2, 0) is 0 Å². The van der Waals surface area contributed by atoms with E-state index in [0.29, 0.717) is 17.6 Å². The smallest absolute Gasteiger partial charge is 0.238 e. The van der Waals surface area contributed by atoms with Gasteiger partial charge in [0.2, 0.25) is 5.95 Å². The third-order valence-corrected chi connectivity index (χ3v) is 14.8. The zero-order chi connectivity index (χ0) is 45.4. The van der Waals surface area contributed by atoms with E-state index in [1.165, 1.54) is 53.1 Å². The fourth-order valence-corrected chi connectivity index (χ4v) is 11.8. The van der Waals surface area contributed by atoms with E-state index in [9.17, 15) is 0 Å². The van der Waals surface area contributed by atoms with Gasteiger partial charge in [0, 0.05) is 49.1 Å². The van der Waals surface area contributed by atoms with E-state index in [-0.39, 0.29) is 0 Å². The zero-order valence-electron chi connectivity index (χ0n) is 37.2. The summed E-state index contributed by atoms with van der Waals surface area (Å²) in [6.45, 7) is 0. The van der Waals surface area contributed by atoms with Gasteiger partial charge in [-0.05, 0) is 57.6 Å². The summed E-state index contributed by atoms with van der Waals surface area (Å²) in [6, 6.07) is 84.3. The van der Waals surface area contributed by atoms with Gasteiger partial charge < -0.3 is 4.57 Å². The molecule has 0 radical (unpaired) electrons. The number of nitrogens with zero attached hydrogens (tertiary/aromatic N) is 5. The minimum atomic E-state index is 0.568. The number of hydrogen-bond acceptors (Lipinski definition) is 4. The van der Waals surface area contributed by atoms with Gasteiger partial charge in [-0.3, -0.25) is 4.57 Å². The van der Waals surface area contributed by atoms with E-state index in [1.807, 2.05) is 17.4 Å². The fraction of sp³-hybridized carbons (Fsp3) is 0. The molecule has 0 amide bonds. The van der Waals surface area contributed by atoms with Crippen molar-refractivity contribution in [3.63, 3.8) is 0 Å². The van der Waals surface area contributed by atoms with Gasteiger partial charge in [-0.25, -0.2) is 4.98 Å². The molecule has 0 bridgehead atoms. The summed E-state index contributed by atoms with van der Waals surface area (Å²) < 4.78 is 7.18. The second kappa shape index (κ2) is 15.8. The Bertz CT molecular complexity index is 4280.